The number of rotatable bonds is 25. The van der Waals surface area contributed by atoms with Gasteiger partial charge in [-0.25, -0.2) is 0 Å². The van der Waals surface area contributed by atoms with Crippen molar-refractivity contribution >= 4 is 11.4 Å². The maximum Gasteiger partial charge on any atom is 0.0316 e. The fourth-order valence-corrected chi connectivity index (χ4v) is 7.41. The predicted molar refractivity (Wildman–Crippen MR) is 220 cm³/mol. The lowest BCUT2D eigenvalue weighted by Crippen LogP contribution is -1.95. The molecule has 0 aliphatic heterocycles. The zero-order chi connectivity index (χ0) is 35.2. The zero-order valence-electron chi connectivity index (χ0n) is 31.8. The molecular formula is C48H68N2. The predicted octanol–water partition coefficient (Wildman–Crippen LogP) is 13.5. The molecule has 50 heavy (non-hydrogen) atoms. The number of unbranched alkanes of at least 4 members (excludes halogenated alkanes) is 17. The van der Waals surface area contributed by atoms with Gasteiger partial charge in [0.2, 0.25) is 0 Å². The second kappa shape index (κ2) is 23.0. The summed E-state index contributed by atoms with van der Waals surface area (Å²) in [5, 5.41) is 0. The lowest BCUT2D eigenvalue weighted by Gasteiger charge is -2.08. The van der Waals surface area contributed by atoms with Crippen molar-refractivity contribution in [2.24, 2.45) is 0 Å². The van der Waals surface area contributed by atoms with Crippen LogP contribution in [0.25, 0.3) is 0 Å². The summed E-state index contributed by atoms with van der Waals surface area (Å²) in [4.78, 5) is 0. The van der Waals surface area contributed by atoms with E-state index in [4.69, 9.17) is 11.5 Å². The molecule has 0 amide bonds. The van der Waals surface area contributed by atoms with Gasteiger partial charge in [-0.3, -0.25) is 0 Å². The molecule has 270 valence electrons. The van der Waals surface area contributed by atoms with Crippen molar-refractivity contribution in [3.05, 3.63) is 129 Å². The number of hydrogen-bond donors (Lipinski definition) is 2. The van der Waals surface area contributed by atoms with Crippen LogP contribution in [0.3, 0.4) is 0 Å². The third kappa shape index (κ3) is 15.6. The van der Waals surface area contributed by atoms with Gasteiger partial charge in [-0.2, -0.15) is 0 Å². The number of aryl methyl sites for hydroxylation is 4. The summed E-state index contributed by atoms with van der Waals surface area (Å²) in [5.74, 6) is 0. The van der Waals surface area contributed by atoms with E-state index < -0.39 is 0 Å². The van der Waals surface area contributed by atoms with E-state index in [2.05, 4.69) is 86.6 Å². The number of hydrogen-bond acceptors (Lipinski definition) is 2. The standard InChI is InChI=1S/C48H68N2/c1-39-35-47(49)33-31-45(39)37-43-27-23-41(24-28-43)21-19-17-15-13-11-9-7-5-3-4-6-8-10-12-14-16-18-20-22-42-25-29-44(30-26-42)38-46-32-34-48(50)36-40(46)2/h23-36H,3-22,37-38,49-50H2,1-2H3. The van der Waals surface area contributed by atoms with Gasteiger partial charge in [0, 0.05) is 11.4 Å². The van der Waals surface area contributed by atoms with Crippen LogP contribution in [0.4, 0.5) is 11.4 Å². The minimum absolute atomic E-state index is 0.850. The molecule has 0 atom stereocenters. The maximum atomic E-state index is 5.90. The lowest BCUT2D eigenvalue weighted by molar-refractivity contribution is 0.524. The molecule has 0 radical (unpaired) electrons. The van der Waals surface area contributed by atoms with E-state index in [0.717, 1.165) is 24.2 Å². The van der Waals surface area contributed by atoms with Gasteiger partial charge >= 0.3 is 0 Å². The summed E-state index contributed by atoms with van der Waals surface area (Å²) in [6, 6.07) is 31.0. The van der Waals surface area contributed by atoms with E-state index >= 15 is 0 Å². The normalized spacial score (nSPS) is 11.3. The molecule has 0 unspecified atom stereocenters. The second-order valence-corrected chi connectivity index (χ2v) is 15.2. The molecule has 0 aliphatic carbocycles. The Balaban J connectivity index is 0.870. The molecule has 0 spiro atoms. The molecule has 4 rings (SSSR count). The molecule has 0 bridgehead atoms. The minimum atomic E-state index is 0.850. The average molecular weight is 673 g/mol. The van der Waals surface area contributed by atoms with Gasteiger partial charge in [0.05, 0.1) is 0 Å². The summed E-state index contributed by atoms with van der Waals surface area (Å²) >= 11 is 0. The van der Waals surface area contributed by atoms with E-state index in [1.54, 1.807) is 0 Å². The van der Waals surface area contributed by atoms with Gasteiger partial charge < -0.3 is 11.5 Å². The molecule has 0 aromatic heterocycles. The molecule has 4 aromatic carbocycles. The minimum Gasteiger partial charge on any atom is -0.399 e. The Morgan fingerprint density at radius 3 is 0.860 bits per heavy atom. The summed E-state index contributed by atoms with van der Waals surface area (Å²) in [5.41, 5.74) is 24.5. The van der Waals surface area contributed by atoms with Gasteiger partial charge in [0.15, 0.2) is 0 Å². The first-order valence-electron chi connectivity index (χ1n) is 20.3. The second-order valence-electron chi connectivity index (χ2n) is 15.2. The van der Waals surface area contributed by atoms with Gasteiger partial charge in [-0.05, 0) is 121 Å². The van der Waals surface area contributed by atoms with Crippen LogP contribution in [0.5, 0.6) is 0 Å². The van der Waals surface area contributed by atoms with Crippen LogP contribution >= 0.6 is 0 Å². The summed E-state index contributed by atoms with van der Waals surface area (Å²) < 4.78 is 0. The van der Waals surface area contributed by atoms with Crippen LogP contribution in [-0.2, 0) is 25.7 Å². The largest absolute Gasteiger partial charge is 0.399 e. The SMILES string of the molecule is Cc1cc(N)ccc1Cc1ccc(CCCCCCCCCCCCCCCCCCCCc2ccc(Cc3ccc(N)cc3C)cc2)cc1. The van der Waals surface area contributed by atoms with Crippen LogP contribution in [0, 0.1) is 13.8 Å². The molecule has 2 heteroatoms. The third-order valence-corrected chi connectivity index (χ3v) is 10.7. The van der Waals surface area contributed by atoms with Gasteiger partial charge in [-0.1, -0.05) is 163 Å². The molecule has 4 aromatic rings. The van der Waals surface area contributed by atoms with Crippen molar-refractivity contribution in [1.82, 2.24) is 0 Å². The lowest BCUT2D eigenvalue weighted by atomic mass is 9.98. The first kappa shape index (κ1) is 39.3. The Morgan fingerprint density at radius 2 is 0.580 bits per heavy atom. The van der Waals surface area contributed by atoms with Gasteiger partial charge in [-0.15, -0.1) is 0 Å². The monoisotopic (exact) mass is 673 g/mol. The number of nitrogen functional groups attached to an aromatic ring is 2. The van der Waals surface area contributed by atoms with Gasteiger partial charge in [0.25, 0.3) is 0 Å². The Morgan fingerprint density at radius 1 is 0.320 bits per heavy atom. The Kier molecular flexibility index (Phi) is 18.1. The summed E-state index contributed by atoms with van der Waals surface area (Å²) in [6.07, 6.45) is 29.8. The van der Waals surface area contributed by atoms with E-state index in [1.807, 2.05) is 12.1 Å². The fraction of sp³-hybridized carbons (Fsp3) is 0.500. The molecule has 0 saturated heterocycles. The highest BCUT2D eigenvalue weighted by atomic mass is 14.5. The van der Waals surface area contributed by atoms with Crippen molar-refractivity contribution in [2.45, 2.75) is 155 Å². The number of benzene rings is 4. The van der Waals surface area contributed by atoms with E-state index in [1.165, 1.54) is 173 Å². The fourth-order valence-electron chi connectivity index (χ4n) is 7.41. The molecule has 0 heterocycles. The molecule has 2 nitrogen and oxygen atoms in total. The first-order valence-corrected chi connectivity index (χ1v) is 20.3. The van der Waals surface area contributed by atoms with E-state index in [9.17, 15) is 0 Å². The highest BCUT2D eigenvalue weighted by Gasteiger charge is 2.04. The molecule has 0 fully saturated rings. The van der Waals surface area contributed by atoms with E-state index in [0.29, 0.717) is 0 Å². The van der Waals surface area contributed by atoms with Crippen molar-refractivity contribution in [1.29, 1.82) is 0 Å². The topological polar surface area (TPSA) is 52.0 Å². The highest BCUT2D eigenvalue weighted by Crippen LogP contribution is 2.20. The Bertz CT molecular complexity index is 1370. The van der Waals surface area contributed by atoms with Crippen LogP contribution in [0.1, 0.15) is 160 Å². The summed E-state index contributed by atoms with van der Waals surface area (Å²) in [6.45, 7) is 4.31. The van der Waals surface area contributed by atoms with Crippen molar-refractivity contribution < 1.29 is 0 Å². The number of nitrogens with two attached hydrogens (primary N) is 2. The van der Waals surface area contributed by atoms with Crippen LogP contribution in [-0.4, -0.2) is 0 Å². The molecule has 0 aliphatic rings. The quantitative estimate of drug-likeness (QED) is 0.0544. The molecule has 4 N–H and O–H groups in total. The van der Waals surface area contributed by atoms with Crippen LogP contribution in [0.15, 0.2) is 84.9 Å². The maximum absolute atomic E-state index is 5.90. The smallest absolute Gasteiger partial charge is 0.0316 e. The van der Waals surface area contributed by atoms with Crippen LogP contribution in [0.2, 0.25) is 0 Å². The first-order chi connectivity index (χ1) is 24.5. The molecule has 0 saturated carbocycles. The Labute approximate surface area is 306 Å². The average Bonchev–Trinajstić information content (AvgIpc) is 3.11. The van der Waals surface area contributed by atoms with Crippen molar-refractivity contribution in [2.75, 3.05) is 11.5 Å². The Hall–Kier alpha value is -3.52. The van der Waals surface area contributed by atoms with Gasteiger partial charge in [0.1, 0.15) is 0 Å². The van der Waals surface area contributed by atoms with E-state index in [-0.39, 0.29) is 0 Å². The van der Waals surface area contributed by atoms with Crippen LogP contribution < -0.4 is 11.5 Å². The van der Waals surface area contributed by atoms with Crippen molar-refractivity contribution in [3.63, 3.8) is 0 Å². The molecular weight excluding hydrogens is 605 g/mol. The zero-order valence-corrected chi connectivity index (χ0v) is 31.8. The number of anilines is 2. The highest BCUT2D eigenvalue weighted by molar-refractivity contribution is 5.46. The summed E-state index contributed by atoms with van der Waals surface area (Å²) in [7, 11) is 0. The third-order valence-electron chi connectivity index (χ3n) is 10.7. The van der Waals surface area contributed by atoms with Crippen molar-refractivity contribution in [3.8, 4) is 0 Å².